The smallest absolute Gasteiger partial charge is 0.253 e. The van der Waals surface area contributed by atoms with E-state index >= 15 is 0 Å². The molecule has 2 aromatic rings. The molecular formula is C21H23N3O2. The lowest BCUT2D eigenvalue weighted by Crippen LogP contribution is -2.49. The van der Waals surface area contributed by atoms with Gasteiger partial charge in [-0.3, -0.25) is 9.69 Å². The van der Waals surface area contributed by atoms with Crippen molar-refractivity contribution in [3.8, 4) is 11.8 Å². The molecule has 1 atom stereocenters. The molecule has 1 aliphatic rings. The summed E-state index contributed by atoms with van der Waals surface area (Å²) in [6.45, 7) is 5.19. The van der Waals surface area contributed by atoms with Gasteiger partial charge in [-0.1, -0.05) is 30.3 Å². The van der Waals surface area contributed by atoms with E-state index in [0.29, 0.717) is 38.3 Å². The molecule has 0 bridgehead atoms. The third-order valence-corrected chi connectivity index (χ3v) is 4.62. The quantitative estimate of drug-likeness (QED) is 0.832. The first kappa shape index (κ1) is 18.0. The second-order valence-electron chi connectivity index (χ2n) is 6.23. The minimum Gasteiger partial charge on any atom is -0.494 e. The van der Waals surface area contributed by atoms with Crippen LogP contribution < -0.4 is 4.74 Å². The number of amides is 1. The van der Waals surface area contributed by atoms with Gasteiger partial charge in [0, 0.05) is 31.7 Å². The predicted molar refractivity (Wildman–Crippen MR) is 99.9 cm³/mol. The molecule has 26 heavy (non-hydrogen) atoms. The van der Waals surface area contributed by atoms with E-state index in [-0.39, 0.29) is 11.9 Å². The topological polar surface area (TPSA) is 56.6 Å². The highest BCUT2D eigenvalue weighted by Crippen LogP contribution is 2.24. The molecule has 5 heteroatoms. The Morgan fingerprint density at radius 1 is 1.08 bits per heavy atom. The van der Waals surface area contributed by atoms with Crippen molar-refractivity contribution < 1.29 is 9.53 Å². The molecule has 0 spiro atoms. The lowest BCUT2D eigenvalue weighted by molar-refractivity contribution is 0.0606. The number of rotatable bonds is 5. The summed E-state index contributed by atoms with van der Waals surface area (Å²) in [5.74, 6) is 0.867. The van der Waals surface area contributed by atoms with Crippen LogP contribution >= 0.6 is 0 Å². The standard InChI is InChI=1S/C21H23N3O2/c1-2-26-19-10-8-17(9-11-19)20(16-22)23-12-14-24(15-13-23)21(25)18-6-4-3-5-7-18/h3-11,20H,2,12-15H2,1H3. The SMILES string of the molecule is CCOc1ccc(C(C#N)N2CCN(C(=O)c3ccccc3)CC2)cc1. The molecule has 1 aliphatic heterocycles. The van der Waals surface area contributed by atoms with Crippen LogP contribution in [-0.2, 0) is 0 Å². The number of carbonyl (C=O) groups is 1. The van der Waals surface area contributed by atoms with E-state index in [9.17, 15) is 10.1 Å². The zero-order chi connectivity index (χ0) is 18.4. The Morgan fingerprint density at radius 2 is 1.73 bits per heavy atom. The van der Waals surface area contributed by atoms with E-state index in [1.165, 1.54) is 0 Å². The molecule has 1 heterocycles. The Bertz CT molecular complexity index is 760. The van der Waals surface area contributed by atoms with Crippen LogP contribution in [0.4, 0.5) is 0 Å². The van der Waals surface area contributed by atoms with E-state index in [0.717, 1.165) is 11.3 Å². The van der Waals surface area contributed by atoms with Gasteiger partial charge in [-0.2, -0.15) is 5.26 Å². The monoisotopic (exact) mass is 349 g/mol. The zero-order valence-electron chi connectivity index (χ0n) is 15.0. The van der Waals surface area contributed by atoms with Crippen molar-refractivity contribution in [2.45, 2.75) is 13.0 Å². The third kappa shape index (κ3) is 4.04. The van der Waals surface area contributed by atoms with Crippen LogP contribution in [0.1, 0.15) is 28.9 Å². The number of nitrogens with zero attached hydrogens (tertiary/aromatic N) is 3. The number of hydrogen-bond donors (Lipinski definition) is 0. The molecular weight excluding hydrogens is 326 g/mol. The number of benzene rings is 2. The second kappa shape index (κ2) is 8.50. The van der Waals surface area contributed by atoms with Crippen molar-refractivity contribution in [3.05, 3.63) is 65.7 Å². The van der Waals surface area contributed by atoms with E-state index in [1.54, 1.807) is 0 Å². The van der Waals surface area contributed by atoms with Gasteiger partial charge in [-0.25, -0.2) is 0 Å². The van der Waals surface area contributed by atoms with Gasteiger partial charge >= 0.3 is 0 Å². The van der Waals surface area contributed by atoms with Gasteiger partial charge in [0.2, 0.25) is 0 Å². The summed E-state index contributed by atoms with van der Waals surface area (Å²) in [5, 5.41) is 9.65. The predicted octanol–water partition coefficient (Wildman–Crippen LogP) is 3.11. The number of ether oxygens (including phenoxy) is 1. The van der Waals surface area contributed by atoms with Gasteiger partial charge < -0.3 is 9.64 Å². The van der Waals surface area contributed by atoms with Crippen molar-refractivity contribution >= 4 is 5.91 Å². The van der Waals surface area contributed by atoms with Crippen LogP contribution in [0.2, 0.25) is 0 Å². The second-order valence-corrected chi connectivity index (χ2v) is 6.23. The lowest BCUT2D eigenvalue weighted by atomic mass is 10.1. The van der Waals surface area contributed by atoms with Crippen LogP contribution in [0.15, 0.2) is 54.6 Å². The molecule has 134 valence electrons. The van der Waals surface area contributed by atoms with Gasteiger partial charge in [0.1, 0.15) is 11.8 Å². The summed E-state index contributed by atoms with van der Waals surface area (Å²) < 4.78 is 5.46. The Hall–Kier alpha value is -2.84. The molecule has 0 saturated carbocycles. The van der Waals surface area contributed by atoms with Crippen LogP contribution in [0, 0.1) is 11.3 Å². The molecule has 2 aromatic carbocycles. The van der Waals surface area contributed by atoms with Crippen LogP contribution in [0.3, 0.4) is 0 Å². The largest absolute Gasteiger partial charge is 0.494 e. The van der Waals surface area contributed by atoms with Crippen LogP contribution in [0.25, 0.3) is 0 Å². The fourth-order valence-electron chi connectivity index (χ4n) is 3.23. The van der Waals surface area contributed by atoms with Crippen molar-refractivity contribution in [2.75, 3.05) is 32.8 Å². The maximum atomic E-state index is 12.5. The average Bonchev–Trinajstić information content (AvgIpc) is 2.71. The van der Waals surface area contributed by atoms with Gasteiger partial charge in [0.25, 0.3) is 5.91 Å². The Morgan fingerprint density at radius 3 is 2.31 bits per heavy atom. The molecule has 0 aliphatic carbocycles. The van der Waals surface area contributed by atoms with Crippen molar-refractivity contribution in [1.82, 2.24) is 9.80 Å². The highest BCUT2D eigenvalue weighted by molar-refractivity contribution is 5.94. The fourth-order valence-corrected chi connectivity index (χ4v) is 3.23. The average molecular weight is 349 g/mol. The first-order valence-corrected chi connectivity index (χ1v) is 8.93. The molecule has 5 nitrogen and oxygen atoms in total. The van der Waals surface area contributed by atoms with E-state index in [1.807, 2.05) is 66.4 Å². The highest BCUT2D eigenvalue weighted by Gasteiger charge is 2.27. The molecule has 1 fully saturated rings. The number of carbonyl (C=O) groups excluding carboxylic acids is 1. The van der Waals surface area contributed by atoms with E-state index in [4.69, 9.17) is 4.74 Å². The van der Waals surface area contributed by atoms with Crippen LogP contribution in [0.5, 0.6) is 5.75 Å². The minimum atomic E-state index is -0.306. The molecule has 1 saturated heterocycles. The summed E-state index contributed by atoms with van der Waals surface area (Å²) in [5.41, 5.74) is 1.67. The number of hydrogen-bond acceptors (Lipinski definition) is 4. The summed E-state index contributed by atoms with van der Waals surface area (Å²) in [6.07, 6.45) is 0. The third-order valence-electron chi connectivity index (χ3n) is 4.62. The summed E-state index contributed by atoms with van der Waals surface area (Å²) in [7, 11) is 0. The lowest BCUT2D eigenvalue weighted by Gasteiger charge is -2.37. The van der Waals surface area contributed by atoms with Crippen molar-refractivity contribution in [2.24, 2.45) is 0 Å². The van der Waals surface area contributed by atoms with Gasteiger partial charge in [0.05, 0.1) is 12.7 Å². The summed E-state index contributed by atoms with van der Waals surface area (Å²) >= 11 is 0. The Labute approximate surface area is 154 Å². The maximum absolute atomic E-state index is 12.5. The first-order valence-electron chi connectivity index (χ1n) is 8.93. The number of piperazine rings is 1. The molecule has 0 radical (unpaired) electrons. The Kier molecular flexibility index (Phi) is 5.88. The molecule has 0 aromatic heterocycles. The van der Waals surface area contributed by atoms with Crippen molar-refractivity contribution in [3.63, 3.8) is 0 Å². The number of nitriles is 1. The van der Waals surface area contributed by atoms with E-state index < -0.39 is 0 Å². The summed E-state index contributed by atoms with van der Waals surface area (Å²) in [4.78, 5) is 16.5. The zero-order valence-corrected chi connectivity index (χ0v) is 15.0. The highest BCUT2D eigenvalue weighted by atomic mass is 16.5. The maximum Gasteiger partial charge on any atom is 0.253 e. The minimum absolute atomic E-state index is 0.0554. The molecule has 1 unspecified atom stereocenters. The van der Waals surface area contributed by atoms with Gasteiger partial charge in [-0.15, -0.1) is 0 Å². The normalized spacial score (nSPS) is 15.9. The first-order chi connectivity index (χ1) is 12.7. The Balaban J connectivity index is 1.62. The van der Waals surface area contributed by atoms with Crippen LogP contribution in [-0.4, -0.2) is 48.5 Å². The fraction of sp³-hybridized carbons (Fsp3) is 0.333. The van der Waals surface area contributed by atoms with Gasteiger partial charge in [0.15, 0.2) is 0 Å². The molecule has 1 amide bonds. The van der Waals surface area contributed by atoms with Crippen molar-refractivity contribution in [1.29, 1.82) is 5.26 Å². The summed E-state index contributed by atoms with van der Waals surface area (Å²) in [6, 6.07) is 19.1. The van der Waals surface area contributed by atoms with E-state index in [2.05, 4.69) is 11.0 Å². The molecule has 3 rings (SSSR count). The van der Waals surface area contributed by atoms with Gasteiger partial charge in [-0.05, 0) is 36.8 Å². The molecule has 0 N–H and O–H groups in total.